The van der Waals surface area contributed by atoms with Crippen LogP contribution in [0.3, 0.4) is 0 Å². The average Bonchev–Trinajstić information content (AvgIpc) is 3.24. The van der Waals surface area contributed by atoms with Gasteiger partial charge in [0.25, 0.3) is 0 Å². The van der Waals surface area contributed by atoms with Crippen molar-refractivity contribution in [2.45, 2.75) is 78.6 Å². The Balaban J connectivity index is 1.65. The van der Waals surface area contributed by atoms with Gasteiger partial charge >= 0.3 is 12.1 Å². The standard InChI is InChI=1S/C29H35ClF3N3O5/c1-18(2)17-36-22(9-11-27(37)38)14-26(35-36)39-12-6-5-7-20-8-10-23(40-19(3)4)15-25(20)41-28-24(30)13-21(16-34-28)29(31,32)33/h8,10,13-16,18-19H,5-7,9,11-12,17H2,1-4H3,(H,37,38). The number of halogens is 4. The minimum absolute atomic E-state index is 0.0157. The second-order valence-electron chi connectivity index (χ2n) is 10.3. The van der Waals surface area contributed by atoms with E-state index in [1.807, 2.05) is 19.9 Å². The molecule has 0 saturated heterocycles. The Kier molecular flexibility index (Phi) is 11.3. The number of carbonyl (C=O) groups is 1. The molecule has 41 heavy (non-hydrogen) atoms. The molecule has 2 aromatic heterocycles. The second-order valence-corrected chi connectivity index (χ2v) is 10.7. The number of hydrogen-bond acceptors (Lipinski definition) is 6. The number of carboxylic acids is 1. The molecule has 12 heteroatoms. The smallest absolute Gasteiger partial charge is 0.417 e. The summed E-state index contributed by atoms with van der Waals surface area (Å²) < 4.78 is 58.3. The van der Waals surface area contributed by atoms with Crippen molar-refractivity contribution in [3.05, 3.63) is 58.4 Å². The van der Waals surface area contributed by atoms with Crippen molar-refractivity contribution in [1.82, 2.24) is 14.8 Å². The third-order valence-corrected chi connectivity index (χ3v) is 6.09. The van der Waals surface area contributed by atoms with Gasteiger partial charge in [0.2, 0.25) is 11.8 Å². The van der Waals surface area contributed by atoms with Gasteiger partial charge in [-0.15, -0.1) is 5.10 Å². The average molecular weight is 598 g/mol. The number of aliphatic carboxylic acids is 1. The number of hydrogen-bond donors (Lipinski definition) is 1. The Labute approximate surface area is 242 Å². The number of unbranched alkanes of at least 4 members (excludes halogenated alkanes) is 1. The first-order valence-corrected chi connectivity index (χ1v) is 13.8. The number of rotatable bonds is 15. The van der Waals surface area contributed by atoms with Crippen LogP contribution in [0.25, 0.3) is 0 Å². The Bertz CT molecular complexity index is 1310. The quantitative estimate of drug-likeness (QED) is 0.180. The molecule has 0 fully saturated rings. The van der Waals surface area contributed by atoms with Gasteiger partial charge in [-0.3, -0.25) is 9.48 Å². The zero-order chi connectivity index (χ0) is 30.2. The molecule has 0 bridgehead atoms. The summed E-state index contributed by atoms with van der Waals surface area (Å²) in [6.07, 6.45) is -1.60. The lowest BCUT2D eigenvalue weighted by atomic mass is 10.1. The monoisotopic (exact) mass is 597 g/mol. The molecule has 0 saturated carbocycles. The van der Waals surface area contributed by atoms with Crippen LogP contribution in [0.2, 0.25) is 5.02 Å². The molecule has 0 unspecified atom stereocenters. The molecule has 2 heterocycles. The van der Waals surface area contributed by atoms with E-state index in [-0.39, 0.29) is 23.4 Å². The lowest BCUT2D eigenvalue weighted by Gasteiger charge is -2.16. The Hall–Kier alpha value is -3.47. The lowest BCUT2D eigenvalue weighted by molar-refractivity contribution is -0.138. The van der Waals surface area contributed by atoms with Gasteiger partial charge in [0.15, 0.2) is 0 Å². The van der Waals surface area contributed by atoms with Gasteiger partial charge in [0, 0.05) is 30.6 Å². The highest BCUT2D eigenvalue weighted by Crippen LogP contribution is 2.37. The van der Waals surface area contributed by atoms with Crippen LogP contribution in [0.1, 0.15) is 63.8 Å². The molecule has 1 N–H and O–H groups in total. The molecule has 0 spiro atoms. The summed E-state index contributed by atoms with van der Waals surface area (Å²) in [5.41, 5.74) is 0.656. The summed E-state index contributed by atoms with van der Waals surface area (Å²) >= 11 is 6.07. The summed E-state index contributed by atoms with van der Waals surface area (Å²) in [6, 6.07) is 7.88. The van der Waals surface area contributed by atoms with Crippen LogP contribution in [0.15, 0.2) is 36.5 Å². The number of pyridine rings is 1. The molecule has 0 aliphatic heterocycles. The van der Waals surface area contributed by atoms with Gasteiger partial charge in [-0.05, 0) is 63.1 Å². The van der Waals surface area contributed by atoms with Crippen LogP contribution in [0, 0.1) is 5.92 Å². The molecule has 1 aromatic carbocycles. The van der Waals surface area contributed by atoms with Crippen molar-refractivity contribution in [2.24, 2.45) is 5.92 Å². The van der Waals surface area contributed by atoms with Gasteiger partial charge in [-0.2, -0.15) is 13.2 Å². The number of alkyl halides is 3. The summed E-state index contributed by atoms with van der Waals surface area (Å²) in [4.78, 5) is 14.8. The zero-order valence-corrected chi connectivity index (χ0v) is 24.3. The van der Waals surface area contributed by atoms with E-state index in [1.54, 1.807) is 22.9 Å². The van der Waals surface area contributed by atoms with Gasteiger partial charge in [0.1, 0.15) is 16.5 Å². The molecule has 0 amide bonds. The lowest BCUT2D eigenvalue weighted by Crippen LogP contribution is -2.11. The highest BCUT2D eigenvalue weighted by molar-refractivity contribution is 6.31. The summed E-state index contributed by atoms with van der Waals surface area (Å²) in [5.74, 6) is 0.713. The van der Waals surface area contributed by atoms with E-state index in [0.29, 0.717) is 68.3 Å². The highest BCUT2D eigenvalue weighted by atomic mass is 35.5. The van der Waals surface area contributed by atoms with Gasteiger partial charge in [-0.25, -0.2) is 4.98 Å². The van der Waals surface area contributed by atoms with Crippen molar-refractivity contribution in [3.8, 4) is 23.3 Å². The molecule has 3 aromatic rings. The number of aromatic nitrogens is 3. The summed E-state index contributed by atoms with van der Waals surface area (Å²) in [7, 11) is 0. The van der Waals surface area contributed by atoms with Crippen LogP contribution < -0.4 is 14.2 Å². The maximum absolute atomic E-state index is 13.0. The number of nitrogens with zero attached hydrogens (tertiary/aromatic N) is 3. The minimum atomic E-state index is -4.57. The zero-order valence-electron chi connectivity index (χ0n) is 23.5. The SMILES string of the molecule is CC(C)Cn1nc(OCCCCc2ccc(OC(C)C)cc2Oc2ncc(C(F)(F)F)cc2Cl)cc1CCC(=O)O. The minimum Gasteiger partial charge on any atom is -0.491 e. The Morgan fingerprint density at radius 1 is 1.10 bits per heavy atom. The molecule has 0 aliphatic rings. The van der Waals surface area contributed by atoms with Crippen LogP contribution in [-0.2, 0) is 30.4 Å². The summed E-state index contributed by atoms with van der Waals surface area (Å²) in [5, 5.41) is 13.3. The van der Waals surface area contributed by atoms with Crippen molar-refractivity contribution < 1.29 is 37.3 Å². The molecule has 3 rings (SSSR count). The third kappa shape index (κ3) is 10.1. The molecule has 8 nitrogen and oxygen atoms in total. The maximum Gasteiger partial charge on any atom is 0.417 e. The fourth-order valence-corrected chi connectivity index (χ4v) is 4.18. The molecular formula is C29H35ClF3N3O5. The Morgan fingerprint density at radius 3 is 2.49 bits per heavy atom. The fraction of sp³-hybridized carbons (Fsp3) is 0.483. The third-order valence-electron chi connectivity index (χ3n) is 5.82. The first kappa shape index (κ1) is 32.0. The molecule has 0 radical (unpaired) electrons. The first-order chi connectivity index (χ1) is 19.3. The van der Waals surface area contributed by atoms with Crippen molar-refractivity contribution in [3.63, 3.8) is 0 Å². The van der Waals surface area contributed by atoms with Gasteiger partial charge < -0.3 is 19.3 Å². The number of aryl methyl sites for hydroxylation is 2. The van der Waals surface area contributed by atoms with Crippen molar-refractivity contribution in [1.29, 1.82) is 0 Å². The normalized spacial score (nSPS) is 11.8. The Morgan fingerprint density at radius 2 is 1.85 bits per heavy atom. The van der Waals surface area contributed by atoms with Crippen LogP contribution in [0.5, 0.6) is 23.3 Å². The van der Waals surface area contributed by atoms with E-state index in [1.165, 1.54) is 0 Å². The van der Waals surface area contributed by atoms with Crippen molar-refractivity contribution >= 4 is 17.6 Å². The van der Waals surface area contributed by atoms with Crippen LogP contribution in [-0.4, -0.2) is 38.6 Å². The molecular weight excluding hydrogens is 563 g/mol. The van der Waals surface area contributed by atoms with Gasteiger partial charge in [-0.1, -0.05) is 31.5 Å². The van der Waals surface area contributed by atoms with E-state index in [2.05, 4.69) is 23.9 Å². The fourth-order valence-electron chi connectivity index (χ4n) is 3.98. The summed E-state index contributed by atoms with van der Waals surface area (Å²) in [6.45, 7) is 8.94. The predicted molar refractivity (Wildman–Crippen MR) is 148 cm³/mol. The second kappa shape index (κ2) is 14.4. The van der Waals surface area contributed by atoms with Crippen LogP contribution >= 0.6 is 11.6 Å². The number of benzene rings is 1. The highest BCUT2D eigenvalue weighted by Gasteiger charge is 2.32. The molecule has 224 valence electrons. The maximum atomic E-state index is 13.0. The van der Waals surface area contributed by atoms with E-state index in [4.69, 9.17) is 30.9 Å². The number of ether oxygens (including phenoxy) is 3. The number of carboxylic acid groups (broad SMARTS) is 1. The first-order valence-electron chi connectivity index (χ1n) is 13.4. The van der Waals surface area contributed by atoms with Crippen LogP contribution in [0.4, 0.5) is 13.2 Å². The van der Waals surface area contributed by atoms with E-state index in [9.17, 15) is 18.0 Å². The molecule has 0 atom stereocenters. The largest absolute Gasteiger partial charge is 0.491 e. The van der Waals surface area contributed by atoms with E-state index >= 15 is 0 Å². The molecule has 0 aliphatic carbocycles. The van der Waals surface area contributed by atoms with Crippen molar-refractivity contribution in [2.75, 3.05) is 6.61 Å². The topological polar surface area (TPSA) is 95.7 Å². The van der Waals surface area contributed by atoms with E-state index in [0.717, 1.165) is 17.3 Å². The van der Waals surface area contributed by atoms with E-state index < -0.39 is 17.7 Å². The predicted octanol–water partition coefficient (Wildman–Crippen LogP) is 7.60. The van der Waals surface area contributed by atoms with Gasteiger partial charge in [0.05, 0.1) is 24.7 Å².